The fourth-order valence-corrected chi connectivity index (χ4v) is 1.51. The lowest BCUT2D eigenvalue weighted by Gasteiger charge is -2.04. The summed E-state index contributed by atoms with van der Waals surface area (Å²) in [7, 11) is 0. The highest BCUT2D eigenvalue weighted by Crippen LogP contribution is 2.00. The van der Waals surface area contributed by atoms with Crippen LogP contribution in [0.1, 0.15) is 31.4 Å². The van der Waals surface area contributed by atoms with Gasteiger partial charge in [-0.05, 0) is 25.8 Å². The first kappa shape index (κ1) is 13.4. The lowest BCUT2D eigenvalue weighted by Crippen LogP contribution is -2.29. The average Bonchev–Trinajstić information content (AvgIpc) is 2.32. The second-order valence-electron chi connectivity index (χ2n) is 3.91. The SMILES string of the molecule is Cc1ccc(=O)n(CCCCCC(=O)NN)n1. The summed E-state index contributed by atoms with van der Waals surface area (Å²) in [5.74, 6) is 4.80. The van der Waals surface area contributed by atoms with E-state index in [1.54, 1.807) is 6.07 Å². The Labute approximate surface area is 99.8 Å². The number of nitrogens with zero attached hydrogens (tertiary/aromatic N) is 2. The van der Waals surface area contributed by atoms with Gasteiger partial charge in [0.15, 0.2) is 0 Å². The maximum absolute atomic E-state index is 11.4. The van der Waals surface area contributed by atoms with E-state index in [9.17, 15) is 9.59 Å². The molecule has 1 aromatic rings. The quantitative estimate of drug-likeness (QED) is 0.318. The fourth-order valence-electron chi connectivity index (χ4n) is 1.51. The van der Waals surface area contributed by atoms with Crippen LogP contribution in [0.4, 0.5) is 0 Å². The van der Waals surface area contributed by atoms with Crippen LogP contribution < -0.4 is 16.8 Å². The molecular weight excluding hydrogens is 220 g/mol. The number of unbranched alkanes of at least 4 members (excludes halogenated alkanes) is 2. The van der Waals surface area contributed by atoms with Gasteiger partial charge in [0.2, 0.25) is 5.91 Å². The number of amides is 1. The van der Waals surface area contributed by atoms with E-state index < -0.39 is 0 Å². The summed E-state index contributed by atoms with van der Waals surface area (Å²) in [5, 5.41) is 4.13. The van der Waals surface area contributed by atoms with Gasteiger partial charge < -0.3 is 0 Å². The van der Waals surface area contributed by atoms with Gasteiger partial charge in [-0.3, -0.25) is 15.0 Å². The van der Waals surface area contributed by atoms with Gasteiger partial charge in [0.1, 0.15) is 0 Å². The van der Waals surface area contributed by atoms with E-state index >= 15 is 0 Å². The Kier molecular flexibility index (Phi) is 5.35. The molecule has 1 heterocycles. The van der Waals surface area contributed by atoms with Crippen molar-refractivity contribution in [2.75, 3.05) is 0 Å². The number of nitrogens with one attached hydrogen (secondary N) is 1. The van der Waals surface area contributed by atoms with Gasteiger partial charge in [-0.15, -0.1) is 0 Å². The van der Waals surface area contributed by atoms with E-state index in [0.717, 1.165) is 25.0 Å². The van der Waals surface area contributed by atoms with Crippen LogP contribution >= 0.6 is 0 Å². The summed E-state index contributed by atoms with van der Waals surface area (Å²) < 4.78 is 1.46. The van der Waals surface area contributed by atoms with Crippen molar-refractivity contribution in [1.29, 1.82) is 0 Å². The highest BCUT2D eigenvalue weighted by Gasteiger charge is 2.00. The van der Waals surface area contributed by atoms with Crippen LogP contribution in [0.25, 0.3) is 0 Å². The minimum Gasteiger partial charge on any atom is -0.294 e. The Balaban J connectivity index is 2.29. The van der Waals surface area contributed by atoms with Crippen LogP contribution in [-0.2, 0) is 11.3 Å². The normalized spacial score (nSPS) is 10.2. The van der Waals surface area contributed by atoms with Crippen molar-refractivity contribution in [3.05, 3.63) is 28.2 Å². The van der Waals surface area contributed by atoms with Crippen LogP contribution in [0.15, 0.2) is 16.9 Å². The van der Waals surface area contributed by atoms with Crippen LogP contribution in [0.5, 0.6) is 0 Å². The van der Waals surface area contributed by atoms with Gasteiger partial charge in [-0.2, -0.15) is 5.10 Å². The maximum atomic E-state index is 11.4. The Morgan fingerprint density at radius 3 is 2.88 bits per heavy atom. The molecule has 1 rings (SSSR count). The number of aryl methyl sites for hydroxylation is 2. The first-order valence-electron chi connectivity index (χ1n) is 5.67. The molecule has 0 fully saturated rings. The molecule has 0 radical (unpaired) electrons. The standard InChI is InChI=1S/C11H18N4O2/c1-9-6-7-11(17)15(14-9)8-4-2-3-5-10(16)13-12/h6-7H,2-5,8,12H2,1H3,(H,13,16). The zero-order chi connectivity index (χ0) is 12.7. The molecular formula is C11H18N4O2. The van der Waals surface area contributed by atoms with E-state index in [1.807, 2.05) is 6.92 Å². The number of nitrogens with two attached hydrogens (primary N) is 1. The van der Waals surface area contributed by atoms with Crippen molar-refractivity contribution in [2.24, 2.45) is 5.84 Å². The van der Waals surface area contributed by atoms with Crippen molar-refractivity contribution in [1.82, 2.24) is 15.2 Å². The summed E-state index contributed by atoms with van der Waals surface area (Å²) in [5.41, 5.74) is 2.82. The summed E-state index contributed by atoms with van der Waals surface area (Å²) in [6.07, 6.45) is 2.89. The first-order chi connectivity index (χ1) is 8.13. The molecule has 0 spiro atoms. The monoisotopic (exact) mass is 238 g/mol. The number of carbonyl (C=O) groups excluding carboxylic acids is 1. The van der Waals surface area contributed by atoms with Crippen LogP contribution in [0, 0.1) is 6.92 Å². The Hall–Kier alpha value is -1.69. The van der Waals surface area contributed by atoms with Gasteiger partial charge in [0.05, 0.1) is 5.69 Å². The molecule has 0 aliphatic rings. The van der Waals surface area contributed by atoms with E-state index in [2.05, 4.69) is 10.5 Å². The number of carbonyl (C=O) groups is 1. The van der Waals surface area contributed by atoms with E-state index in [0.29, 0.717) is 13.0 Å². The van der Waals surface area contributed by atoms with E-state index in [1.165, 1.54) is 10.7 Å². The smallest absolute Gasteiger partial charge is 0.266 e. The molecule has 6 heteroatoms. The van der Waals surface area contributed by atoms with Crippen LogP contribution in [0.3, 0.4) is 0 Å². The zero-order valence-corrected chi connectivity index (χ0v) is 9.98. The molecule has 0 unspecified atom stereocenters. The third-order valence-electron chi connectivity index (χ3n) is 2.43. The Morgan fingerprint density at radius 2 is 2.18 bits per heavy atom. The number of hydrogen-bond acceptors (Lipinski definition) is 4. The average molecular weight is 238 g/mol. The Bertz CT molecular complexity index is 428. The van der Waals surface area contributed by atoms with Crippen molar-refractivity contribution in [3.8, 4) is 0 Å². The van der Waals surface area contributed by atoms with Gasteiger partial charge >= 0.3 is 0 Å². The second kappa shape index (κ2) is 6.80. The molecule has 0 saturated carbocycles. The second-order valence-corrected chi connectivity index (χ2v) is 3.91. The topological polar surface area (TPSA) is 90.0 Å². The largest absolute Gasteiger partial charge is 0.294 e. The lowest BCUT2D eigenvalue weighted by atomic mass is 10.2. The molecule has 1 aromatic heterocycles. The van der Waals surface area contributed by atoms with Crippen LogP contribution in [0.2, 0.25) is 0 Å². The van der Waals surface area contributed by atoms with Crippen molar-refractivity contribution in [3.63, 3.8) is 0 Å². The highest BCUT2D eigenvalue weighted by atomic mass is 16.2. The number of hydrazine groups is 1. The van der Waals surface area contributed by atoms with Gasteiger partial charge in [-0.25, -0.2) is 10.5 Å². The number of hydrogen-bond donors (Lipinski definition) is 2. The van der Waals surface area contributed by atoms with Crippen molar-refractivity contribution < 1.29 is 4.79 Å². The van der Waals surface area contributed by atoms with Crippen molar-refractivity contribution in [2.45, 2.75) is 39.2 Å². The molecule has 0 atom stereocenters. The van der Waals surface area contributed by atoms with Crippen LogP contribution in [-0.4, -0.2) is 15.7 Å². The van der Waals surface area contributed by atoms with E-state index in [-0.39, 0.29) is 11.5 Å². The molecule has 6 nitrogen and oxygen atoms in total. The molecule has 94 valence electrons. The highest BCUT2D eigenvalue weighted by molar-refractivity contribution is 5.74. The third kappa shape index (κ3) is 4.78. The molecule has 3 N–H and O–H groups in total. The summed E-state index contributed by atoms with van der Waals surface area (Å²) in [6.45, 7) is 2.44. The van der Waals surface area contributed by atoms with E-state index in [4.69, 9.17) is 5.84 Å². The number of aromatic nitrogens is 2. The molecule has 0 bridgehead atoms. The van der Waals surface area contributed by atoms with Gasteiger partial charge in [0, 0.05) is 19.0 Å². The van der Waals surface area contributed by atoms with Gasteiger partial charge in [-0.1, -0.05) is 6.42 Å². The number of rotatable bonds is 6. The zero-order valence-electron chi connectivity index (χ0n) is 9.98. The summed E-state index contributed by atoms with van der Waals surface area (Å²) >= 11 is 0. The third-order valence-corrected chi connectivity index (χ3v) is 2.43. The predicted molar refractivity (Wildman–Crippen MR) is 64.0 cm³/mol. The molecule has 0 aliphatic carbocycles. The fraction of sp³-hybridized carbons (Fsp3) is 0.545. The molecule has 1 amide bonds. The molecule has 0 aliphatic heterocycles. The Morgan fingerprint density at radius 1 is 1.41 bits per heavy atom. The maximum Gasteiger partial charge on any atom is 0.266 e. The molecule has 17 heavy (non-hydrogen) atoms. The minimum absolute atomic E-state index is 0.0877. The predicted octanol–water partition coefficient (Wildman–Crippen LogP) is 0.102. The minimum atomic E-state index is -0.157. The summed E-state index contributed by atoms with van der Waals surface area (Å²) in [4.78, 5) is 22.2. The first-order valence-corrected chi connectivity index (χ1v) is 5.67. The molecule has 0 aromatic carbocycles. The summed E-state index contributed by atoms with van der Waals surface area (Å²) in [6, 6.07) is 3.22. The molecule has 0 saturated heterocycles. The van der Waals surface area contributed by atoms with Gasteiger partial charge in [0.25, 0.3) is 5.56 Å². The lowest BCUT2D eigenvalue weighted by molar-refractivity contribution is -0.121. The van der Waals surface area contributed by atoms with Crippen molar-refractivity contribution >= 4 is 5.91 Å².